The summed E-state index contributed by atoms with van der Waals surface area (Å²) in [4.78, 5) is 24.2. The lowest BCUT2D eigenvalue weighted by Gasteiger charge is -2.21. The van der Waals surface area contributed by atoms with Crippen LogP contribution >= 0.6 is 23.2 Å². The number of phenolic OH excluding ortho intramolecular Hbond substituents is 1. The number of phenols is 1. The normalized spacial score (nSPS) is 10.6. The fourth-order valence-corrected chi connectivity index (χ4v) is 3.00. The van der Waals surface area contributed by atoms with E-state index in [1.165, 1.54) is 30.3 Å². The van der Waals surface area contributed by atoms with Crippen molar-refractivity contribution in [3.8, 4) is 23.0 Å². The van der Waals surface area contributed by atoms with Gasteiger partial charge >= 0.3 is 12.1 Å². The summed E-state index contributed by atoms with van der Waals surface area (Å²) in [5.41, 5.74) is 0.134. The molecule has 168 valence electrons. The summed E-state index contributed by atoms with van der Waals surface area (Å²) in [7, 11) is 0. The highest BCUT2D eigenvalue weighted by Gasteiger charge is 2.23. The second-order valence-electron chi connectivity index (χ2n) is 6.85. The van der Waals surface area contributed by atoms with Gasteiger partial charge in [-0.1, -0.05) is 37.0 Å². The van der Waals surface area contributed by atoms with Crippen LogP contribution in [0, 0.1) is 5.92 Å². The molecule has 0 bridgehead atoms. The average molecular weight is 472 g/mol. The summed E-state index contributed by atoms with van der Waals surface area (Å²) in [5, 5.41) is 19.1. The highest BCUT2D eigenvalue weighted by atomic mass is 35.5. The zero-order chi connectivity index (χ0) is 23.1. The van der Waals surface area contributed by atoms with E-state index in [2.05, 4.69) is 0 Å². The molecule has 1 amide bonds. The van der Waals surface area contributed by atoms with Gasteiger partial charge in [0.1, 0.15) is 12.3 Å². The Balaban J connectivity index is 2.32. The summed E-state index contributed by atoms with van der Waals surface area (Å²) < 4.78 is 16.2. The lowest BCUT2D eigenvalue weighted by molar-refractivity contribution is -0.135. The van der Waals surface area contributed by atoms with E-state index in [0.717, 1.165) is 4.90 Å². The summed E-state index contributed by atoms with van der Waals surface area (Å²) in [6.07, 6.45) is -0.851. The number of carbonyl (C=O) groups excluding carboxylic acids is 1. The second kappa shape index (κ2) is 11.0. The predicted molar refractivity (Wildman–Crippen MR) is 117 cm³/mol. The number of carboxylic acid groups (broad SMARTS) is 1. The topological polar surface area (TPSA) is 106 Å². The molecule has 2 N–H and O–H groups in total. The third-order valence-corrected chi connectivity index (χ3v) is 4.36. The number of carbonyl (C=O) groups is 2. The third-order valence-electron chi connectivity index (χ3n) is 3.80. The zero-order valence-electron chi connectivity index (χ0n) is 17.2. The molecule has 2 rings (SSSR count). The Hall–Kier alpha value is -2.84. The van der Waals surface area contributed by atoms with Crippen LogP contribution in [0.3, 0.4) is 0 Å². The number of anilines is 1. The first-order chi connectivity index (χ1) is 14.6. The maximum Gasteiger partial charge on any atom is 0.414 e. The first kappa shape index (κ1) is 24.4. The highest BCUT2D eigenvalue weighted by molar-refractivity contribution is 6.37. The largest absolute Gasteiger partial charge is 0.504 e. The number of halogens is 2. The number of ether oxygens (including phenoxy) is 3. The number of hydrogen-bond donors (Lipinski definition) is 2. The number of aliphatic carboxylic acids is 1. The van der Waals surface area contributed by atoms with Crippen LogP contribution in [0.15, 0.2) is 30.3 Å². The molecule has 0 aliphatic rings. The van der Waals surface area contributed by atoms with Crippen LogP contribution in [-0.2, 0) is 9.53 Å². The molecule has 0 unspecified atom stereocenters. The number of hydrogen-bond acceptors (Lipinski definition) is 6. The fraction of sp³-hybridized carbons (Fsp3) is 0.333. The van der Waals surface area contributed by atoms with E-state index in [4.69, 9.17) is 42.5 Å². The molecular weight excluding hydrogens is 449 g/mol. The minimum atomic E-state index is -1.24. The predicted octanol–water partition coefficient (Wildman–Crippen LogP) is 5.57. The number of nitrogens with zero attached hydrogens (tertiary/aromatic N) is 1. The summed E-state index contributed by atoms with van der Waals surface area (Å²) in [5.74, 6) is -0.385. The summed E-state index contributed by atoms with van der Waals surface area (Å²) in [6, 6.07) is 7.11. The van der Waals surface area contributed by atoms with Crippen LogP contribution in [0.4, 0.5) is 10.5 Å². The van der Waals surface area contributed by atoms with Crippen molar-refractivity contribution in [1.82, 2.24) is 0 Å². The van der Waals surface area contributed by atoms with Crippen LogP contribution < -0.4 is 14.4 Å². The number of benzene rings is 2. The maximum atomic E-state index is 12.1. The Morgan fingerprint density at radius 2 is 1.77 bits per heavy atom. The van der Waals surface area contributed by atoms with Crippen molar-refractivity contribution in [2.75, 3.05) is 24.7 Å². The van der Waals surface area contributed by atoms with E-state index < -0.39 is 18.6 Å². The number of carboxylic acids is 1. The van der Waals surface area contributed by atoms with E-state index in [1.54, 1.807) is 6.92 Å². The Morgan fingerprint density at radius 1 is 1.13 bits per heavy atom. The number of aromatic hydroxyl groups is 1. The zero-order valence-corrected chi connectivity index (χ0v) is 18.7. The molecule has 0 atom stereocenters. The Morgan fingerprint density at radius 3 is 2.32 bits per heavy atom. The van der Waals surface area contributed by atoms with Gasteiger partial charge < -0.3 is 24.4 Å². The molecule has 0 fully saturated rings. The fourth-order valence-electron chi connectivity index (χ4n) is 2.45. The molecule has 0 aliphatic carbocycles. The van der Waals surface area contributed by atoms with E-state index >= 15 is 0 Å². The van der Waals surface area contributed by atoms with Crippen molar-refractivity contribution >= 4 is 41.0 Å². The van der Waals surface area contributed by atoms with Gasteiger partial charge in [-0.25, -0.2) is 4.79 Å². The molecule has 0 aromatic heterocycles. The smallest absolute Gasteiger partial charge is 0.414 e. The molecule has 0 saturated carbocycles. The van der Waals surface area contributed by atoms with Gasteiger partial charge in [0.2, 0.25) is 0 Å². The number of amides is 1. The third kappa shape index (κ3) is 6.83. The van der Waals surface area contributed by atoms with Crippen molar-refractivity contribution in [2.45, 2.75) is 20.8 Å². The van der Waals surface area contributed by atoms with Gasteiger partial charge in [0.15, 0.2) is 17.2 Å². The van der Waals surface area contributed by atoms with Gasteiger partial charge in [-0.2, -0.15) is 0 Å². The van der Waals surface area contributed by atoms with Crippen molar-refractivity contribution in [1.29, 1.82) is 0 Å². The summed E-state index contributed by atoms with van der Waals surface area (Å²) >= 11 is 12.6. The van der Waals surface area contributed by atoms with E-state index in [0.29, 0.717) is 12.4 Å². The van der Waals surface area contributed by atoms with Gasteiger partial charge in [-0.05, 0) is 37.1 Å². The van der Waals surface area contributed by atoms with E-state index in [9.17, 15) is 14.7 Å². The van der Waals surface area contributed by atoms with Gasteiger partial charge in [-0.3, -0.25) is 9.69 Å². The van der Waals surface area contributed by atoms with Crippen LogP contribution in [0.25, 0.3) is 0 Å². The molecule has 0 heterocycles. The van der Waals surface area contributed by atoms with Crippen LogP contribution in [-0.4, -0.2) is 42.0 Å². The Labute approximate surface area is 189 Å². The van der Waals surface area contributed by atoms with Crippen LogP contribution in [0.5, 0.6) is 23.0 Å². The SMILES string of the molecule is CCOC(=O)N(CC(=O)O)c1cc(Cl)c(Oc2ccc(O)c(OCC(C)C)c2)c(Cl)c1. The molecule has 2 aromatic rings. The van der Waals surface area contributed by atoms with Gasteiger partial charge in [-0.15, -0.1) is 0 Å². The Kier molecular flexibility index (Phi) is 8.65. The quantitative estimate of drug-likeness (QED) is 0.491. The van der Waals surface area contributed by atoms with E-state index in [-0.39, 0.29) is 45.5 Å². The molecule has 31 heavy (non-hydrogen) atoms. The first-order valence-electron chi connectivity index (χ1n) is 9.41. The molecule has 8 nitrogen and oxygen atoms in total. The molecular formula is C21H23Cl2NO7. The average Bonchev–Trinajstić information content (AvgIpc) is 2.68. The molecule has 10 heteroatoms. The van der Waals surface area contributed by atoms with Crippen molar-refractivity contribution in [3.63, 3.8) is 0 Å². The van der Waals surface area contributed by atoms with Gasteiger partial charge in [0.05, 0.1) is 28.9 Å². The molecule has 0 aliphatic heterocycles. The minimum absolute atomic E-state index is 0.0416. The second-order valence-corrected chi connectivity index (χ2v) is 7.67. The van der Waals surface area contributed by atoms with E-state index in [1.807, 2.05) is 13.8 Å². The monoisotopic (exact) mass is 471 g/mol. The number of rotatable bonds is 9. The van der Waals surface area contributed by atoms with Crippen molar-refractivity contribution in [3.05, 3.63) is 40.4 Å². The highest BCUT2D eigenvalue weighted by Crippen LogP contribution is 2.41. The first-order valence-corrected chi connectivity index (χ1v) is 10.2. The van der Waals surface area contributed by atoms with Gasteiger partial charge in [0, 0.05) is 6.07 Å². The minimum Gasteiger partial charge on any atom is -0.504 e. The van der Waals surface area contributed by atoms with Crippen molar-refractivity contribution < 1.29 is 34.0 Å². The summed E-state index contributed by atoms with van der Waals surface area (Å²) in [6.45, 7) is 5.38. The van der Waals surface area contributed by atoms with Crippen LogP contribution in [0.1, 0.15) is 20.8 Å². The van der Waals surface area contributed by atoms with Crippen LogP contribution in [0.2, 0.25) is 10.0 Å². The standard InChI is InChI=1S/C21H23Cl2NO7/c1-4-29-21(28)24(10-19(26)27)13-7-15(22)20(16(23)8-13)31-14-5-6-17(25)18(9-14)30-11-12(2)3/h5-9,12,25H,4,10-11H2,1-3H3,(H,26,27). The molecule has 0 radical (unpaired) electrons. The van der Waals surface area contributed by atoms with Crippen molar-refractivity contribution in [2.24, 2.45) is 5.92 Å². The van der Waals surface area contributed by atoms with Gasteiger partial charge in [0.25, 0.3) is 0 Å². The molecule has 0 saturated heterocycles. The maximum absolute atomic E-state index is 12.1. The lowest BCUT2D eigenvalue weighted by Crippen LogP contribution is -2.36. The molecule has 0 spiro atoms. The molecule has 2 aromatic carbocycles. The Bertz CT molecular complexity index is 926. The lowest BCUT2D eigenvalue weighted by atomic mass is 10.2.